The first kappa shape index (κ1) is 11.1. The van der Waals surface area contributed by atoms with Gasteiger partial charge >= 0.3 is 5.97 Å². The van der Waals surface area contributed by atoms with Crippen molar-refractivity contribution < 1.29 is 9.90 Å². The number of hydrogen-bond donors (Lipinski definition) is 2. The normalized spacial score (nSPS) is 9.94. The van der Waals surface area contributed by atoms with Crippen molar-refractivity contribution in [2.75, 3.05) is 5.32 Å². The zero-order chi connectivity index (χ0) is 12.3. The Morgan fingerprint density at radius 3 is 2.41 bits per heavy atom. The Kier molecular flexibility index (Phi) is 3.00. The predicted molar refractivity (Wildman–Crippen MR) is 63.5 cm³/mol. The van der Waals surface area contributed by atoms with E-state index in [1.165, 1.54) is 18.0 Å². The van der Waals surface area contributed by atoms with Gasteiger partial charge < -0.3 is 10.4 Å². The molecule has 0 amide bonds. The fourth-order valence-electron chi connectivity index (χ4n) is 1.29. The van der Waals surface area contributed by atoms with Gasteiger partial charge in [0.05, 0.1) is 12.4 Å². The molecule has 0 unspecified atom stereocenters. The molecule has 0 aliphatic carbocycles. The van der Waals surface area contributed by atoms with Gasteiger partial charge in [0.1, 0.15) is 5.82 Å². The summed E-state index contributed by atoms with van der Waals surface area (Å²) in [5.74, 6) is -0.571. The number of anilines is 2. The molecule has 0 saturated heterocycles. The summed E-state index contributed by atoms with van der Waals surface area (Å²) in [4.78, 5) is 18.3. The number of rotatable bonds is 3. The maximum Gasteiger partial charge on any atom is 0.356 e. The van der Waals surface area contributed by atoms with Crippen molar-refractivity contribution in [3.8, 4) is 0 Å². The third-order valence-electron chi connectivity index (χ3n) is 2.19. The molecule has 0 saturated carbocycles. The van der Waals surface area contributed by atoms with Crippen LogP contribution < -0.4 is 5.32 Å². The van der Waals surface area contributed by atoms with Gasteiger partial charge in [-0.25, -0.2) is 14.8 Å². The highest BCUT2D eigenvalue weighted by atomic mass is 16.4. The Morgan fingerprint density at radius 1 is 1.18 bits per heavy atom. The molecule has 0 aliphatic rings. The molecule has 0 atom stereocenters. The molecule has 17 heavy (non-hydrogen) atoms. The Hall–Kier alpha value is -2.43. The van der Waals surface area contributed by atoms with Gasteiger partial charge in [-0.05, 0) is 19.1 Å². The number of hydrogen-bond acceptors (Lipinski definition) is 4. The monoisotopic (exact) mass is 229 g/mol. The summed E-state index contributed by atoms with van der Waals surface area (Å²) in [6.45, 7) is 2.01. The van der Waals surface area contributed by atoms with Crippen molar-refractivity contribution in [2.45, 2.75) is 6.92 Å². The highest BCUT2D eigenvalue weighted by Gasteiger charge is 2.04. The Morgan fingerprint density at radius 2 is 1.88 bits per heavy atom. The second kappa shape index (κ2) is 4.61. The number of nitrogens with zero attached hydrogens (tertiary/aromatic N) is 2. The number of carbonyl (C=O) groups is 1. The summed E-state index contributed by atoms with van der Waals surface area (Å²) in [6.07, 6.45) is 2.61. The number of aromatic carboxylic acids is 1. The van der Waals surface area contributed by atoms with Crippen LogP contribution in [0.4, 0.5) is 11.5 Å². The zero-order valence-electron chi connectivity index (χ0n) is 9.21. The van der Waals surface area contributed by atoms with E-state index in [0.717, 1.165) is 5.69 Å². The van der Waals surface area contributed by atoms with Crippen LogP contribution in [0.2, 0.25) is 0 Å². The third kappa shape index (κ3) is 2.78. The highest BCUT2D eigenvalue weighted by molar-refractivity contribution is 5.85. The first-order valence-corrected chi connectivity index (χ1v) is 5.04. The maximum atomic E-state index is 10.6. The molecule has 0 aliphatic heterocycles. The summed E-state index contributed by atoms with van der Waals surface area (Å²) in [5.41, 5.74) is 1.98. The molecule has 0 spiro atoms. The minimum atomic E-state index is -1.08. The number of carboxylic acids is 1. The van der Waals surface area contributed by atoms with Crippen LogP contribution in [0.1, 0.15) is 16.1 Å². The number of nitrogens with one attached hydrogen (secondary N) is 1. The minimum Gasteiger partial charge on any atom is -0.476 e. The fourth-order valence-corrected chi connectivity index (χ4v) is 1.29. The lowest BCUT2D eigenvalue weighted by molar-refractivity contribution is 0.0690. The number of aryl methyl sites for hydroxylation is 1. The van der Waals surface area contributed by atoms with Gasteiger partial charge in [0.2, 0.25) is 0 Å². The Balaban J connectivity index is 2.13. The molecule has 0 fully saturated rings. The lowest BCUT2D eigenvalue weighted by atomic mass is 10.2. The lowest BCUT2D eigenvalue weighted by Gasteiger charge is -2.05. The topological polar surface area (TPSA) is 75.1 Å². The molecule has 2 N–H and O–H groups in total. The van der Waals surface area contributed by atoms with Gasteiger partial charge in [0, 0.05) is 5.69 Å². The van der Waals surface area contributed by atoms with E-state index in [0.29, 0.717) is 5.82 Å². The molecule has 0 bridgehead atoms. The van der Waals surface area contributed by atoms with E-state index in [1.807, 2.05) is 31.2 Å². The van der Waals surface area contributed by atoms with Crippen LogP contribution >= 0.6 is 0 Å². The first-order valence-electron chi connectivity index (χ1n) is 5.04. The van der Waals surface area contributed by atoms with E-state index in [4.69, 9.17) is 5.11 Å². The second-order valence-corrected chi connectivity index (χ2v) is 3.58. The van der Waals surface area contributed by atoms with E-state index in [1.54, 1.807) is 0 Å². The standard InChI is InChI=1S/C12H11N3O2/c1-8-2-4-9(5-3-8)15-11-7-13-10(6-14-11)12(16)17/h2-7H,1H3,(H,14,15)(H,16,17). The van der Waals surface area contributed by atoms with Crippen molar-refractivity contribution in [1.29, 1.82) is 0 Å². The van der Waals surface area contributed by atoms with E-state index in [-0.39, 0.29) is 5.69 Å². The molecular weight excluding hydrogens is 218 g/mol. The lowest BCUT2D eigenvalue weighted by Crippen LogP contribution is -2.02. The van der Waals surface area contributed by atoms with Gasteiger partial charge in [0.15, 0.2) is 5.69 Å². The van der Waals surface area contributed by atoms with Gasteiger partial charge in [0.25, 0.3) is 0 Å². The highest BCUT2D eigenvalue weighted by Crippen LogP contribution is 2.14. The van der Waals surface area contributed by atoms with Crippen molar-refractivity contribution in [3.05, 3.63) is 47.9 Å². The summed E-state index contributed by atoms with van der Waals surface area (Å²) in [7, 11) is 0. The van der Waals surface area contributed by atoms with Crippen LogP contribution in [-0.2, 0) is 0 Å². The molecule has 1 aromatic heterocycles. The van der Waals surface area contributed by atoms with Crippen molar-refractivity contribution in [1.82, 2.24) is 9.97 Å². The summed E-state index contributed by atoms with van der Waals surface area (Å²) >= 11 is 0. The molecule has 86 valence electrons. The van der Waals surface area contributed by atoms with Gasteiger partial charge in [-0.15, -0.1) is 0 Å². The van der Waals surface area contributed by atoms with E-state index >= 15 is 0 Å². The van der Waals surface area contributed by atoms with Crippen LogP contribution in [0.5, 0.6) is 0 Å². The molecule has 5 nitrogen and oxygen atoms in total. The van der Waals surface area contributed by atoms with Crippen LogP contribution in [-0.4, -0.2) is 21.0 Å². The van der Waals surface area contributed by atoms with Crippen LogP contribution in [0.25, 0.3) is 0 Å². The Labute approximate surface area is 98.2 Å². The average molecular weight is 229 g/mol. The molecule has 5 heteroatoms. The average Bonchev–Trinajstić information content (AvgIpc) is 2.33. The largest absolute Gasteiger partial charge is 0.476 e. The zero-order valence-corrected chi connectivity index (χ0v) is 9.21. The van der Waals surface area contributed by atoms with E-state index in [2.05, 4.69) is 15.3 Å². The van der Waals surface area contributed by atoms with Crippen molar-refractivity contribution >= 4 is 17.5 Å². The third-order valence-corrected chi connectivity index (χ3v) is 2.19. The molecule has 2 rings (SSSR count). The van der Waals surface area contributed by atoms with Gasteiger partial charge in [-0.2, -0.15) is 0 Å². The predicted octanol–water partition coefficient (Wildman–Crippen LogP) is 2.23. The number of benzene rings is 1. The summed E-state index contributed by atoms with van der Waals surface area (Å²) in [5, 5.41) is 11.7. The Bertz CT molecular complexity index is 520. The maximum absolute atomic E-state index is 10.6. The summed E-state index contributed by atoms with van der Waals surface area (Å²) < 4.78 is 0. The van der Waals surface area contributed by atoms with E-state index in [9.17, 15) is 4.79 Å². The molecule has 1 heterocycles. The first-order chi connectivity index (χ1) is 8.15. The van der Waals surface area contributed by atoms with Crippen molar-refractivity contribution in [2.24, 2.45) is 0 Å². The quantitative estimate of drug-likeness (QED) is 0.844. The van der Waals surface area contributed by atoms with Crippen LogP contribution in [0.15, 0.2) is 36.7 Å². The van der Waals surface area contributed by atoms with Crippen molar-refractivity contribution in [3.63, 3.8) is 0 Å². The van der Waals surface area contributed by atoms with Crippen LogP contribution in [0, 0.1) is 6.92 Å². The van der Waals surface area contributed by atoms with Gasteiger partial charge in [-0.3, -0.25) is 0 Å². The number of aromatic nitrogens is 2. The number of carboxylic acid groups (broad SMARTS) is 1. The smallest absolute Gasteiger partial charge is 0.356 e. The van der Waals surface area contributed by atoms with Gasteiger partial charge in [-0.1, -0.05) is 17.7 Å². The van der Waals surface area contributed by atoms with Crippen LogP contribution in [0.3, 0.4) is 0 Å². The summed E-state index contributed by atoms with van der Waals surface area (Å²) in [6, 6.07) is 7.78. The minimum absolute atomic E-state index is 0.0699. The SMILES string of the molecule is Cc1ccc(Nc2cnc(C(=O)O)cn2)cc1. The molecule has 0 radical (unpaired) electrons. The molecule has 2 aromatic rings. The second-order valence-electron chi connectivity index (χ2n) is 3.58. The fraction of sp³-hybridized carbons (Fsp3) is 0.0833. The molecule has 1 aromatic carbocycles. The molecular formula is C12H11N3O2. The van der Waals surface area contributed by atoms with E-state index < -0.39 is 5.97 Å².